The smallest absolute Gasteiger partial charge is 0.227 e. The minimum Gasteiger partial charge on any atom is -0.493 e. The fourth-order valence-corrected chi connectivity index (χ4v) is 4.54. The van der Waals surface area contributed by atoms with Crippen molar-refractivity contribution < 1.29 is 14.2 Å². The molecule has 10 nitrogen and oxygen atoms in total. The van der Waals surface area contributed by atoms with Crippen LogP contribution in [0.4, 0.5) is 17.5 Å². The van der Waals surface area contributed by atoms with Crippen molar-refractivity contribution in [1.29, 1.82) is 0 Å². The highest BCUT2D eigenvalue weighted by molar-refractivity contribution is 5.86. The summed E-state index contributed by atoms with van der Waals surface area (Å²) in [6.07, 6.45) is 3.65. The fraction of sp³-hybridized carbons (Fsp3) is 0.346. The number of imidazole rings is 1. The number of fused-ring (bicyclic) bond motifs is 1. The van der Waals surface area contributed by atoms with E-state index < -0.39 is 0 Å². The zero-order valence-electron chi connectivity index (χ0n) is 20.7. The Balaban J connectivity index is 1.31. The molecule has 36 heavy (non-hydrogen) atoms. The van der Waals surface area contributed by atoms with Gasteiger partial charge in [0.1, 0.15) is 5.52 Å². The molecule has 0 aliphatic carbocycles. The Bertz CT molecular complexity index is 1280. The van der Waals surface area contributed by atoms with Crippen molar-refractivity contribution in [3.8, 4) is 17.2 Å². The molecule has 5 rings (SSSR count). The molecule has 0 atom stereocenters. The highest BCUT2D eigenvalue weighted by Gasteiger charge is 2.21. The lowest BCUT2D eigenvalue weighted by molar-refractivity contribution is 0.211. The molecule has 0 saturated carbocycles. The molecule has 2 aromatic carbocycles. The second-order valence-corrected chi connectivity index (χ2v) is 8.72. The standard InChI is InChI=1S/C26H31N7O3/c1-34-20-13-19(14-21(35-2)23(20)36-3)29-25-22-24(28-16-27-22)31-26(32-25)30-18-9-11-33(12-10-18)15-17-7-5-4-6-8-17/h4-8,13-14,16,18H,9-12,15H2,1-3H3,(H3,27,28,29,30,31,32). The van der Waals surface area contributed by atoms with Crippen LogP contribution in [0.5, 0.6) is 17.2 Å². The molecule has 0 amide bonds. The molecule has 0 bridgehead atoms. The summed E-state index contributed by atoms with van der Waals surface area (Å²) < 4.78 is 16.4. The van der Waals surface area contributed by atoms with Gasteiger partial charge in [-0.15, -0.1) is 0 Å². The molecular weight excluding hydrogens is 458 g/mol. The molecule has 1 aliphatic heterocycles. The number of nitrogens with zero attached hydrogens (tertiary/aromatic N) is 4. The van der Waals surface area contributed by atoms with Crippen LogP contribution in [0.3, 0.4) is 0 Å². The molecule has 10 heteroatoms. The van der Waals surface area contributed by atoms with E-state index >= 15 is 0 Å². The number of piperidine rings is 1. The number of hydrogen-bond donors (Lipinski definition) is 3. The zero-order chi connectivity index (χ0) is 24.9. The number of methoxy groups -OCH3 is 3. The van der Waals surface area contributed by atoms with Gasteiger partial charge in [0, 0.05) is 43.5 Å². The Kier molecular flexibility index (Phi) is 7.03. The summed E-state index contributed by atoms with van der Waals surface area (Å²) in [6, 6.07) is 14.6. The van der Waals surface area contributed by atoms with E-state index in [9.17, 15) is 0 Å². The zero-order valence-corrected chi connectivity index (χ0v) is 20.7. The van der Waals surface area contributed by atoms with E-state index in [-0.39, 0.29) is 0 Å². The number of aromatic nitrogens is 4. The van der Waals surface area contributed by atoms with Crippen molar-refractivity contribution in [3.63, 3.8) is 0 Å². The van der Waals surface area contributed by atoms with Crippen LogP contribution < -0.4 is 24.8 Å². The molecule has 4 aromatic rings. The lowest BCUT2D eigenvalue weighted by atomic mass is 10.0. The van der Waals surface area contributed by atoms with Crippen molar-refractivity contribution in [3.05, 3.63) is 54.4 Å². The Morgan fingerprint density at radius 1 is 0.972 bits per heavy atom. The molecule has 2 aromatic heterocycles. The number of aromatic amines is 1. The Morgan fingerprint density at radius 3 is 2.36 bits per heavy atom. The monoisotopic (exact) mass is 489 g/mol. The summed E-state index contributed by atoms with van der Waals surface area (Å²) in [5.74, 6) is 2.78. The Morgan fingerprint density at radius 2 is 1.69 bits per heavy atom. The number of H-pyrrole nitrogens is 1. The van der Waals surface area contributed by atoms with Crippen molar-refractivity contribution in [1.82, 2.24) is 24.8 Å². The van der Waals surface area contributed by atoms with E-state index in [2.05, 4.69) is 60.8 Å². The lowest BCUT2D eigenvalue weighted by Crippen LogP contribution is -2.39. The van der Waals surface area contributed by atoms with E-state index in [1.165, 1.54) is 5.56 Å². The molecule has 3 heterocycles. The van der Waals surface area contributed by atoms with Crippen LogP contribution in [0.1, 0.15) is 18.4 Å². The van der Waals surface area contributed by atoms with Crippen LogP contribution in [0.15, 0.2) is 48.8 Å². The minimum absolute atomic E-state index is 0.294. The number of hydrogen-bond acceptors (Lipinski definition) is 9. The molecule has 0 radical (unpaired) electrons. The minimum atomic E-state index is 0.294. The number of rotatable bonds is 9. The highest BCUT2D eigenvalue weighted by Crippen LogP contribution is 2.41. The summed E-state index contributed by atoms with van der Waals surface area (Å²) in [6.45, 7) is 3.02. The van der Waals surface area contributed by atoms with Crippen LogP contribution >= 0.6 is 0 Å². The first-order valence-electron chi connectivity index (χ1n) is 12.0. The van der Waals surface area contributed by atoms with E-state index in [1.54, 1.807) is 27.7 Å². The molecule has 1 fully saturated rings. The summed E-state index contributed by atoms with van der Waals surface area (Å²) in [7, 11) is 4.76. The van der Waals surface area contributed by atoms with Gasteiger partial charge in [0.25, 0.3) is 0 Å². The van der Waals surface area contributed by atoms with Crippen molar-refractivity contribution >= 4 is 28.6 Å². The Hall–Kier alpha value is -4.05. The van der Waals surface area contributed by atoms with E-state index in [0.717, 1.165) is 38.2 Å². The molecule has 0 unspecified atom stereocenters. The third kappa shape index (κ3) is 5.13. The van der Waals surface area contributed by atoms with Gasteiger partial charge in [-0.3, -0.25) is 4.90 Å². The van der Waals surface area contributed by atoms with Gasteiger partial charge in [-0.05, 0) is 18.4 Å². The predicted octanol–water partition coefficient (Wildman–Crippen LogP) is 4.20. The van der Waals surface area contributed by atoms with Crippen molar-refractivity contribution in [2.45, 2.75) is 25.4 Å². The highest BCUT2D eigenvalue weighted by atomic mass is 16.5. The lowest BCUT2D eigenvalue weighted by Gasteiger charge is -2.32. The second-order valence-electron chi connectivity index (χ2n) is 8.72. The van der Waals surface area contributed by atoms with Gasteiger partial charge >= 0.3 is 0 Å². The van der Waals surface area contributed by atoms with Crippen LogP contribution in [0.2, 0.25) is 0 Å². The van der Waals surface area contributed by atoms with E-state index in [0.29, 0.717) is 46.2 Å². The van der Waals surface area contributed by atoms with Gasteiger partial charge in [-0.2, -0.15) is 9.97 Å². The van der Waals surface area contributed by atoms with Crippen molar-refractivity contribution in [2.24, 2.45) is 0 Å². The largest absolute Gasteiger partial charge is 0.493 e. The summed E-state index contributed by atoms with van der Waals surface area (Å²) >= 11 is 0. The quantitative estimate of drug-likeness (QED) is 0.319. The first-order valence-corrected chi connectivity index (χ1v) is 12.0. The van der Waals surface area contributed by atoms with Gasteiger partial charge in [0.2, 0.25) is 11.7 Å². The molecule has 188 valence electrons. The van der Waals surface area contributed by atoms with Crippen molar-refractivity contribution in [2.75, 3.05) is 45.1 Å². The Labute approximate surface area is 210 Å². The molecule has 3 N–H and O–H groups in total. The fourth-order valence-electron chi connectivity index (χ4n) is 4.54. The first kappa shape index (κ1) is 23.7. The average Bonchev–Trinajstić information content (AvgIpc) is 3.39. The van der Waals surface area contributed by atoms with Crippen LogP contribution in [0.25, 0.3) is 11.2 Å². The number of likely N-dealkylation sites (tertiary alicyclic amines) is 1. The summed E-state index contributed by atoms with van der Waals surface area (Å²) in [5, 5.41) is 6.88. The molecule has 0 spiro atoms. The van der Waals surface area contributed by atoms with E-state index in [1.807, 2.05) is 12.1 Å². The topological polar surface area (TPSA) is 109 Å². The SMILES string of the molecule is COc1cc(Nc2nc(NC3CCN(Cc4ccccc4)CC3)nc3nc[nH]c23)cc(OC)c1OC. The third-order valence-electron chi connectivity index (χ3n) is 6.38. The maximum absolute atomic E-state index is 5.49. The van der Waals surface area contributed by atoms with Gasteiger partial charge < -0.3 is 29.8 Å². The molecule has 1 saturated heterocycles. The second kappa shape index (κ2) is 10.7. The van der Waals surface area contributed by atoms with Gasteiger partial charge in [-0.1, -0.05) is 30.3 Å². The van der Waals surface area contributed by atoms with Crippen LogP contribution in [-0.2, 0) is 6.54 Å². The van der Waals surface area contributed by atoms with Gasteiger partial charge in [0.15, 0.2) is 23.0 Å². The van der Waals surface area contributed by atoms with Gasteiger partial charge in [0.05, 0.1) is 27.7 Å². The maximum Gasteiger partial charge on any atom is 0.227 e. The van der Waals surface area contributed by atoms with Gasteiger partial charge in [-0.25, -0.2) is 4.98 Å². The number of anilines is 3. The van der Waals surface area contributed by atoms with Crippen LogP contribution in [-0.4, -0.2) is 65.3 Å². The van der Waals surface area contributed by atoms with Crippen LogP contribution in [0, 0.1) is 0 Å². The normalized spacial score (nSPS) is 14.5. The summed E-state index contributed by atoms with van der Waals surface area (Å²) in [5.41, 5.74) is 3.38. The molecule has 1 aliphatic rings. The number of benzene rings is 2. The first-order chi connectivity index (χ1) is 17.7. The average molecular weight is 490 g/mol. The summed E-state index contributed by atoms with van der Waals surface area (Å²) in [4.78, 5) is 19.4. The molecular formula is C26H31N7O3. The number of nitrogens with one attached hydrogen (secondary N) is 3. The maximum atomic E-state index is 5.49. The van der Waals surface area contributed by atoms with E-state index in [4.69, 9.17) is 19.2 Å². The number of ether oxygens (including phenoxy) is 3. The third-order valence-corrected chi connectivity index (χ3v) is 6.38. The predicted molar refractivity (Wildman–Crippen MR) is 139 cm³/mol.